The largest absolute Gasteiger partial charge is 0.504 e. The summed E-state index contributed by atoms with van der Waals surface area (Å²) in [7, 11) is 0. The van der Waals surface area contributed by atoms with Gasteiger partial charge in [0, 0.05) is 28.8 Å². The molecule has 1 aliphatic heterocycles. The number of nitro benzene ring substituents is 1. The third-order valence-electron chi connectivity index (χ3n) is 4.80. The van der Waals surface area contributed by atoms with Gasteiger partial charge in [0.1, 0.15) is 11.5 Å². The molecule has 146 valence electrons. The predicted octanol–water partition coefficient (Wildman–Crippen LogP) is 4.29. The number of carbonyl (C=O) groups excluding carboxylic acids is 1. The number of nitrogens with zero attached hydrogens (tertiary/aromatic N) is 1. The van der Waals surface area contributed by atoms with Crippen molar-refractivity contribution in [3.63, 3.8) is 0 Å². The number of aliphatic hydroxyl groups is 2. The predicted molar refractivity (Wildman–Crippen MR) is 101 cm³/mol. The van der Waals surface area contributed by atoms with E-state index in [4.69, 9.17) is 9.15 Å². The Hall–Kier alpha value is -4.07. The van der Waals surface area contributed by atoms with Crippen LogP contribution < -0.4 is 0 Å². The molecule has 0 saturated heterocycles. The van der Waals surface area contributed by atoms with Gasteiger partial charge in [-0.05, 0) is 31.2 Å². The number of hydrogen-bond acceptors (Lipinski definition) is 7. The van der Waals surface area contributed by atoms with Crippen LogP contribution in [0, 0.1) is 17.0 Å². The highest BCUT2D eigenvalue weighted by atomic mass is 16.6. The van der Waals surface area contributed by atoms with Crippen molar-refractivity contribution < 1.29 is 29.1 Å². The first-order valence-corrected chi connectivity index (χ1v) is 8.61. The van der Waals surface area contributed by atoms with Crippen LogP contribution in [0.2, 0.25) is 0 Å². The number of nitro groups is 1. The van der Waals surface area contributed by atoms with Crippen molar-refractivity contribution in [3.8, 4) is 11.3 Å². The molecule has 1 unspecified atom stereocenters. The molecule has 0 bridgehead atoms. The molecule has 1 atom stereocenters. The van der Waals surface area contributed by atoms with Crippen LogP contribution in [0.3, 0.4) is 0 Å². The van der Waals surface area contributed by atoms with E-state index in [1.54, 1.807) is 24.3 Å². The Morgan fingerprint density at radius 3 is 1.97 bits per heavy atom. The molecule has 1 aliphatic rings. The maximum absolute atomic E-state index is 12.0. The number of rotatable bonds is 4. The molecule has 0 aliphatic carbocycles. The summed E-state index contributed by atoms with van der Waals surface area (Å²) in [6.07, 6.45) is 0. The lowest BCUT2D eigenvalue weighted by Crippen LogP contribution is -2.31. The minimum atomic E-state index is -1.81. The molecule has 8 heteroatoms. The van der Waals surface area contributed by atoms with E-state index in [9.17, 15) is 25.1 Å². The summed E-state index contributed by atoms with van der Waals surface area (Å²) in [6, 6.07) is 15.5. The van der Waals surface area contributed by atoms with Crippen LogP contribution in [-0.2, 0) is 15.1 Å². The van der Waals surface area contributed by atoms with E-state index in [0.717, 1.165) is 11.3 Å². The van der Waals surface area contributed by atoms with Crippen molar-refractivity contribution in [3.05, 3.63) is 99.2 Å². The van der Waals surface area contributed by atoms with Crippen molar-refractivity contribution in [2.24, 2.45) is 0 Å². The Labute approximate surface area is 164 Å². The van der Waals surface area contributed by atoms with Crippen molar-refractivity contribution in [1.82, 2.24) is 0 Å². The number of aliphatic hydroxyl groups excluding tert-OH is 2. The summed E-state index contributed by atoms with van der Waals surface area (Å²) < 4.78 is 11.0. The number of esters is 1. The smallest absolute Gasteiger partial charge is 0.378 e. The van der Waals surface area contributed by atoms with Crippen LogP contribution in [0.5, 0.6) is 0 Å². The summed E-state index contributed by atoms with van der Waals surface area (Å²) in [6.45, 7) is 1.82. The summed E-state index contributed by atoms with van der Waals surface area (Å²) in [5, 5.41) is 31.5. The van der Waals surface area contributed by atoms with Gasteiger partial charge in [-0.3, -0.25) is 10.1 Å². The van der Waals surface area contributed by atoms with Crippen molar-refractivity contribution >= 4 is 11.7 Å². The molecule has 8 nitrogen and oxygen atoms in total. The van der Waals surface area contributed by atoms with E-state index in [2.05, 4.69) is 0 Å². The van der Waals surface area contributed by atoms with Gasteiger partial charge in [-0.1, -0.05) is 24.3 Å². The van der Waals surface area contributed by atoms with Gasteiger partial charge in [0.2, 0.25) is 11.4 Å². The van der Waals surface area contributed by atoms with Crippen LogP contribution in [0.1, 0.15) is 16.9 Å². The minimum Gasteiger partial charge on any atom is -0.504 e. The highest BCUT2D eigenvalue weighted by Crippen LogP contribution is 2.45. The molecular weight excluding hydrogens is 378 g/mol. The van der Waals surface area contributed by atoms with Crippen LogP contribution in [0.4, 0.5) is 5.69 Å². The molecule has 2 heterocycles. The fraction of sp³-hybridized carbons (Fsp3) is 0.0952. The monoisotopic (exact) mass is 393 g/mol. The number of furan rings is 1. The topological polar surface area (TPSA) is 123 Å². The van der Waals surface area contributed by atoms with Crippen LogP contribution >= 0.6 is 0 Å². The number of hydrogen-bond donors (Lipinski definition) is 2. The zero-order valence-corrected chi connectivity index (χ0v) is 15.2. The molecule has 0 spiro atoms. The molecular formula is C21H15NO7. The van der Waals surface area contributed by atoms with Crippen LogP contribution in [0.25, 0.3) is 11.3 Å². The summed E-state index contributed by atoms with van der Waals surface area (Å²) in [4.78, 5) is 22.4. The standard InChI is InChI=1S/C21H15NO7/c1-12-2-11-17(28-12)13-3-5-14(6-4-13)21(19(24)18(23)20(25)29-21)15-7-9-16(10-8-15)22(26)27/h2-11,23-24H,1H3. The second kappa shape index (κ2) is 6.52. The second-order valence-corrected chi connectivity index (χ2v) is 6.56. The number of non-ortho nitro benzene ring substituents is 1. The maximum Gasteiger partial charge on any atom is 0.378 e. The molecule has 29 heavy (non-hydrogen) atoms. The van der Waals surface area contributed by atoms with E-state index < -0.39 is 28.0 Å². The third-order valence-corrected chi connectivity index (χ3v) is 4.80. The van der Waals surface area contributed by atoms with E-state index in [0.29, 0.717) is 11.3 Å². The van der Waals surface area contributed by atoms with Crippen molar-refractivity contribution in [2.75, 3.05) is 0 Å². The molecule has 0 fully saturated rings. The summed E-state index contributed by atoms with van der Waals surface area (Å²) in [5.41, 5.74) is -0.608. The Balaban J connectivity index is 1.84. The fourth-order valence-corrected chi connectivity index (χ4v) is 3.33. The molecule has 3 aromatic rings. The van der Waals surface area contributed by atoms with Crippen LogP contribution in [-0.4, -0.2) is 21.1 Å². The van der Waals surface area contributed by atoms with Gasteiger partial charge in [0.05, 0.1) is 4.92 Å². The molecule has 0 radical (unpaired) electrons. The normalized spacial score (nSPS) is 18.7. The minimum absolute atomic E-state index is 0.163. The first-order valence-electron chi connectivity index (χ1n) is 8.61. The van der Waals surface area contributed by atoms with Crippen molar-refractivity contribution in [2.45, 2.75) is 12.5 Å². The summed E-state index contributed by atoms with van der Waals surface area (Å²) in [5.74, 6) is -1.29. The molecule has 0 saturated carbocycles. The van der Waals surface area contributed by atoms with E-state index in [1.807, 2.05) is 19.1 Å². The molecule has 1 aromatic heterocycles. The highest BCUT2D eigenvalue weighted by molar-refractivity contribution is 5.91. The highest BCUT2D eigenvalue weighted by Gasteiger charge is 2.52. The number of benzene rings is 2. The molecule has 2 N–H and O–H groups in total. The van der Waals surface area contributed by atoms with Gasteiger partial charge in [-0.25, -0.2) is 4.79 Å². The van der Waals surface area contributed by atoms with Gasteiger partial charge >= 0.3 is 5.97 Å². The Morgan fingerprint density at radius 1 is 0.931 bits per heavy atom. The number of carbonyl (C=O) groups is 1. The average Bonchev–Trinajstić information content (AvgIpc) is 3.26. The van der Waals surface area contributed by atoms with Gasteiger partial charge in [-0.2, -0.15) is 0 Å². The van der Waals surface area contributed by atoms with Crippen molar-refractivity contribution in [1.29, 1.82) is 0 Å². The zero-order chi connectivity index (χ0) is 20.8. The third kappa shape index (κ3) is 2.82. The van der Waals surface area contributed by atoms with E-state index in [1.165, 1.54) is 24.3 Å². The molecule has 2 aromatic carbocycles. The second-order valence-electron chi connectivity index (χ2n) is 6.56. The Morgan fingerprint density at radius 2 is 1.52 bits per heavy atom. The molecule has 4 rings (SSSR count). The number of aryl methyl sites for hydroxylation is 1. The fourth-order valence-electron chi connectivity index (χ4n) is 3.33. The average molecular weight is 393 g/mol. The first-order chi connectivity index (χ1) is 13.8. The van der Waals surface area contributed by atoms with Gasteiger partial charge in [0.15, 0.2) is 5.76 Å². The lowest BCUT2D eigenvalue weighted by atomic mass is 9.84. The van der Waals surface area contributed by atoms with Crippen LogP contribution in [0.15, 0.2) is 76.6 Å². The van der Waals surface area contributed by atoms with Gasteiger partial charge in [-0.15, -0.1) is 0 Å². The lowest BCUT2D eigenvalue weighted by molar-refractivity contribution is -0.384. The number of ether oxygens (including phenoxy) is 1. The molecule has 0 amide bonds. The maximum atomic E-state index is 12.0. The number of cyclic esters (lactones) is 1. The van der Waals surface area contributed by atoms with Gasteiger partial charge < -0.3 is 19.4 Å². The SMILES string of the molecule is Cc1ccc(-c2ccc(C3(c4ccc([N+](=O)[O-])cc4)OC(=O)C(O)=C3O)cc2)o1. The quantitative estimate of drug-likeness (QED) is 0.385. The van der Waals surface area contributed by atoms with E-state index in [-0.39, 0.29) is 11.3 Å². The summed E-state index contributed by atoms with van der Waals surface area (Å²) >= 11 is 0. The van der Waals surface area contributed by atoms with E-state index >= 15 is 0 Å². The lowest BCUT2D eigenvalue weighted by Gasteiger charge is -2.28. The first kappa shape index (κ1) is 18.3. The Bertz CT molecular complexity index is 1140. The Kier molecular flexibility index (Phi) is 4.11. The zero-order valence-electron chi connectivity index (χ0n) is 15.2. The van der Waals surface area contributed by atoms with Gasteiger partial charge in [0.25, 0.3) is 5.69 Å².